The molecule has 10 N–H and O–H groups in total. The third-order valence-corrected chi connectivity index (χ3v) is 6.07. The Bertz CT molecular complexity index is 515. The third-order valence-electron chi connectivity index (χ3n) is 3.20. The number of rotatable bonds is 10. The molecule has 0 spiro atoms. The molecule has 0 aliphatic rings. The number of carbonyl (C=O) groups excluding carboxylic acids is 2. The van der Waals surface area contributed by atoms with E-state index >= 15 is 0 Å². The van der Waals surface area contributed by atoms with E-state index in [9.17, 15) is 28.5 Å². The molecule has 0 amide bonds. The van der Waals surface area contributed by atoms with Crippen LogP contribution in [-0.4, -0.2) is 55.2 Å². The van der Waals surface area contributed by atoms with Crippen molar-refractivity contribution >= 4 is 26.8 Å². The summed E-state index contributed by atoms with van der Waals surface area (Å²) in [4.78, 5) is 59.5. The number of hydrogen-bond donors (Lipinski definition) is 7. The monoisotopic (exact) mass is 361 g/mol. The van der Waals surface area contributed by atoms with Gasteiger partial charge in [-0.25, -0.2) is 0 Å². The van der Waals surface area contributed by atoms with Gasteiger partial charge >= 0.3 is 15.2 Å². The van der Waals surface area contributed by atoms with Crippen LogP contribution in [0, 0.1) is 0 Å². The molecule has 0 heterocycles. The first-order valence-corrected chi connectivity index (χ1v) is 9.46. The minimum absolute atomic E-state index is 0.283. The topological polar surface area (TPSA) is 227 Å². The Labute approximate surface area is 126 Å². The molecule has 0 aromatic rings. The number of ketones is 2. The van der Waals surface area contributed by atoms with Crippen LogP contribution in [0.15, 0.2) is 0 Å². The highest BCUT2D eigenvalue weighted by molar-refractivity contribution is 7.54. The van der Waals surface area contributed by atoms with Gasteiger partial charge in [-0.1, -0.05) is 0 Å². The Morgan fingerprint density at radius 2 is 1.55 bits per heavy atom. The Morgan fingerprint density at radius 1 is 1.05 bits per heavy atom. The van der Waals surface area contributed by atoms with E-state index in [1.807, 2.05) is 0 Å². The van der Waals surface area contributed by atoms with Crippen LogP contribution in [0.4, 0.5) is 0 Å². The Morgan fingerprint density at radius 3 is 1.86 bits per heavy atom. The summed E-state index contributed by atoms with van der Waals surface area (Å²) >= 11 is 0. The summed E-state index contributed by atoms with van der Waals surface area (Å²) in [5.74, 6) is -1.98. The second kappa shape index (κ2) is 7.87. The summed E-state index contributed by atoms with van der Waals surface area (Å²) in [5, 5.41) is -2.55. The number of nitrogens with two attached hydrogens (primary N) is 3. The van der Waals surface area contributed by atoms with Crippen molar-refractivity contribution in [2.45, 2.75) is 30.2 Å². The molecule has 2 atom stereocenters. The van der Waals surface area contributed by atoms with E-state index in [-0.39, 0.29) is 6.42 Å². The lowest BCUT2D eigenvalue weighted by molar-refractivity contribution is -0.120. The lowest BCUT2D eigenvalue weighted by atomic mass is 10.0. The predicted molar refractivity (Wildman–Crippen MR) is 76.8 cm³/mol. The standard InChI is InChI=1S/C9H21N3O8P2/c10-4-6(13)7(21(15,16)17)2-1-3-9(12,8(14)5-11)22(18,19)20/h7H,1-5,10-12H2,(H2,15,16,17)(H2,18,19,20). The summed E-state index contributed by atoms with van der Waals surface area (Å²) < 4.78 is 22.6. The zero-order valence-electron chi connectivity index (χ0n) is 11.7. The highest BCUT2D eigenvalue weighted by Crippen LogP contribution is 2.51. The molecule has 13 heteroatoms. The van der Waals surface area contributed by atoms with Gasteiger partial charge in [-0.3, -0.25) is 18.7 Å². The average Bonchev–Trinajstić information content (AvgIpc) is 2.38. The Balaban J connectivity index is 5.10. The van der Waals surface area contributed by atoms with Gasteiger partial charge in [0.25, 0.3) is 0 Å². The smallest absolute Gasteiger partial charge is 0.324 e. The molecule has 0 saturated carbocycles. The van der Waals surface area contributed by atoms with Crippen LogP contribution < -0.4 is 17.2 Å². The molecular formula is C9H21N3O8P2. The minimum Gasteiger partial charge on any atom is -0.324 e. The second-order valence-corrected chi connectivity index (χ2v) is 8.45. The maximum atomic E-state index is 11.6. The molecule has 0 bridgehead atoms. The summed E-state index contributed by atoms with van der Waals surface area (Å²) in [6.45, 7) is -1.30. The van der Waals surface area contributed by atoms with E-state index < -0.39 is 63.6 Å². The first-order chi connectivity index (χ1) is 9.81. The molecule has 0 saturated heterocycles. The van der Waals surface area contributed by atoms with Gasteiger partial charge in [0.2, 0.25) is 0 Å². The summed E-state index contributed by atoms with van der Waals surface area (Å²) in [6, 6.07) is 0. The number of carbonyl (C=O) groups is 2. The molecule has 0 aromatic carbocycles. The van der Waals surface area contributed by atoms with Crippen LogP contribution in [0.5, 0.6) is 0 Å². The van der Waals surface area contributed by atoms with Gasteiger partial charge in [-0.15, -0.1) is 0 Å². The Hall–Kier alpha value is -0.480. The van der Waals surface area contributed by atoms with E-state index in [1.165, 1.54) is 0 Å². The number of Topliss-reactive ketones (excluding diaryl/α,β-unsaturated/α-hetero) is 2. The SMILES string of the molecule is NCC(=O)C(CCCC(N)(C(=O)CN)P(=O)(O)O)P(=O)(O)O. The van der Waals surface area contributed by atoms with Crippen LogP contribution in [0.3, 0.4) is 0 Å². The van der Waals surface area contributed by atoms with Gasteiger partial charge in [0.05, 0.1) is 13.1 Å². The van der Waals surface area contributed by atoms with E-state index in [2.05, 4.69) is 0 Å². The van der Waals surface area contributed by atoms with Crippen molar-refractivity contribution in [2.24, 2.45) is 17.2 Å². The second-order valence-electron chi connectivity index (χ2n) is 4.76. The number of hydrogen-bond acceptors (Lipinski definition) is 7. The van der Waals surface area contributed by atoms with E-state index in [4.69, 9.17) is 27.0 Å². The fourth-order valence-electron chi connectivity index (χ4n) is 1.84. The highest BCUT2D eigenvalue weighted by atomic mass is 31.2. The van der Waals surface area contributed by atoms with Crippen molar-refractivity contribution in [3.05, 3.63) is 0 Å². The van der Waals surface area contributed by atoms with Gasteiger partial charge in [0.15, 0.2) is 16.8 Å². The highest BCUT2D eigenvalue weighted by Gasteiger charge is 2.49. The fraction of sp³-hybridized carbons (Fsp3) is 0.778. The molecule has 0 aliphatic heterocycles. The van der Waals surface area contributed by atoms with Crippen LogP contribution in [0.25, 0.3) is 0 Å². The molecule has 0 fully saturated rings. The van der Waals surface area contributed by atoms with Gasteiger partial charge in [0.1, 0.15) is 5.66 Å². The maximum Gasteiger partial charge on any atom is 0.352 e. The van der Waals surface area contributed by atoms with Crippen molar-refractivity contribution in [1.29, 1.82) is 0 Å². The van der Waals surface area contributed by atoms with E-state index in [0.717, 1.165) is 0 Å². The molecule has 22 heavy (non-hydrogen) atoms. The lowest BCUT2D eigenvalue weighted by Crippen LogP contribution is -2.50. The summed E-state index contributed by atoms with van der Waals surface area (Å²) in [7, 11) is -9.82. The molecule has 2 unspecified atom stereocenters. The third kappa shape index (κ3) is 5.31. The van der Waals surface area contributed by atoms with Crippen molar-refractivity contribution < 1.29 is 38.3 Å². The molecule has 0 aromatic heterocycles. The van der Waals surface area contributed by atoms with Crippen LogP contribution in [0.1, 0.15) is 19.3 Å². The van der Waals surface area contributed by atoms with Gasteiger partial charge in [-0.2, -0.15) is 0 Å². The van der Waals surface area contributed by atoms with Gasteiger partial charge in [0, 0.05) is 0 Å². The zero-order valence-corrected chi connectivity index (χ0v) is 13.5. The molecule has 0 rings (SSSR count). The first kappa shape index (κ1) is 21.5. The largest absolute Gasteiger partial charge is 0.352 e. The molecule has 0 aliphatic carbocycles. The molecular weight excluding hydrogens is 340 g/mol. The Kier molecular flexibility index (Phi) is 7.70. The lowest BCUT2D eigenvalue weighted by Gasteiger charge is -2.28. The van der Waals surface area contributed by atoms with E-state index in [0.29, 0.717) is 0 Å². The van der Waals surface area contributed by atoms with Gasteiger partial charge < -0.3 is 36.8 Å². The molecule has 11 nitrogen and oxygen atoms in total. The maximum absolute atomic E-state index is 11.6. The molecule has 0 radical (unpaired) electrons. The van der Waals surface area contributed by atoms with Crippen molar-refractivity contribution in [3.63, 3.8) is 0 Å². The normalized spacial score (nSPS) is 16.9. The first-order valence-electron chi connectivity index (χ1n) is 6.17. The van der Waals surface area contributed by atoms with Crippen LogP contribution in [-0.2, 0) is 18.7 Å². The van der Waals surface area contributed by atoms with E-state index in [1.54, 1.807) is 0 Å². The van der Waals surface area contributed by atoms with Crippen molar-refractivity contribution in [3.8, 4) is 0 Å². The quantitative estimate of drug-likeness (QED) is 0.203. The molecule has 130 valence electrons. The minimum atomic E-state index is -5.05. The van der Waals surface area contributed by atoms with Crippen LogP contribution in [0.2, 0.25) is 0 Å². The average molecular weight is 361 g/mol. The zero-order chi connectivity index (χ0) is 17.8. The van der Waals surface area contributed by atoms with Crippen molar-refractivity contribution in [2.75, 3.05) is 13.1 Å². The summed E-state index contributed by atoms with van der Waals surface area (Å²) in [6.07, 6.45) is -1.28. The van der Waals surface area contributed by atoms with Gasteiger partial charge in [-0.05, 0) is 19.3 Å². The van der Waals surface area contributed by atoms with Crippen LogP contribution >= 0.6 is 15.2 Å². The summed E-state index contributed by atoms with van der Waals surface area (Å²) in [5.41, 5.74) is 13.8. The predicted octanol–water partition coefficient (Wildman–Crippen LogP) is -2.41. The fourth-order valence-corrected chi connectivity index (χ4v) is 3.71. The van der Waals surface area contributed by atoms with Crippen molar-refractivity contribution in [1.82, 2.24) is 0 Å².